The molecule has 0 aliphatic heterocycles. The lowest BCUT2D eigenvalue weighted by Crippen LogP contribution is -2.08. The summed E-state index contributed by atoms with van der Waals surface area (Å²) in [6, 6.07) is 19.9. The summed E-state index contributed by atoms with van der Waals surface area (Å²) in [5, 5.41) is 3.41. The number of benzene rings is 2. The number of aryl methyl sites for hydroxylation is 1. The average Bonchev–Trinajstić information content (AvgIpc) is 2.65. The fraction of sp³-hybridized carbons (Fsp3) is 0.190. The molecule has 0 bridgehead atoms. The van der Waals surface area contributed by atoms with Gasteiger partial charge < -0.3 is 0 Å². The van der Waals surface area contributed by atoms with Crippen LogP contribution in [0.4, 0.5) is 0 Å². The third kappa shape index (κ3) is 4.20. The molecule has 0 fully saturated rings. The molecule has 0 spiro atoms. The number of rotatable bonds is 6. The predicted octanol–water partition coefficient (Wildman–Crippen LogP) is 6.18. The molecular formula is C21H19BrN2O. The van der Waals surface area contributed by atoms with Crippen LogP contribution in [0.5, 0.6) is 0 Å². The Morgan fingerprint density at radius 1 is 0.960 bits per heavy atom. The van der Waals surface area contributed by atoms with Gasteiger partial charge in [-0.25, -0.2) is 0 Å². The van der Waals surface area contributed by atoms with Gasteiger partial charge in [0.25, 0.3) is 0 Å². The number of hydrogen-bond acceptors (Lipinski definition) is 3. The molecular weight excluding hydrogens is 376 g/mol. The molecule has 0 saturated heterocycles. The van der Waals surface area contributed by atoms with Gasteiger partial charge in [-0.3, -0.25) is 4.98 Å². The van der Waals surface area contributed by atoms with Gasteiger partial charge in [-0.15, -0.1) is 0 Å². The summed E-state index contributed by atoms with van der Waals surface area (Å²) < 4.78 is 1.04. The van der Waals surface area contributed by atoms with E-state index < -0.39 is 6.04 Å². The molecule has 0 radical (unpaired) electrons. The molecule has 126 valence electrons. The van der Waals surface area contributed by atoms with Crippen LogP contribution in [0.25, 0.3) is 0 Å². The van der Waals surface area contributed by atoms with Crippen molar-refractivity contribution in [1.29, 1.82) is 0 Å². The van der Waals surface area contributed by atoms with Crippen molar-refractivity contribution >= 4 is 15.9 Å². The minimum atomic E-state index is -0.406. The Labute approximate surface area is 156 Å². The minimum absolute atomic E-state index is 0.102. The van der Waals surface area contributed by atoms with E-state index in [1.54, 1.807) is 12.4 Å². The third-order valence-electron chi connectivity index (χ3n) is 4.51. The summed E-state index contributed by atoms with van der Waals surface area (Å²) in [6.07, 6.45) is 4.03. The van der Waals surface area contributed by atoms with Crippen molar-refractivity contribution in [3.05, 3.63) is 105 Å². The van der Waals surface area contributed by atoms with Crippen molar-refractivity contribution in [2.45, 2.75) is 25.3 Å². The van der Waals surface area contributed by atoms with Gasteiger partial charge in [-0.1, -0.05) is 57.5 Å². The van der Waals surface area contributed by atoms with Crippen LogP contribution in [0, 0.1) is 11.8 Å². The number of nitrogens with zero attached hydrogens (tertiary/aromatic N) is 2. The van der Waals surface area contributed by atoms with Crippen LogP contribution >= 0.6 is 15.9 Å². The summed E-state index contributed by atoms with van der Waals surface area (Å²) in [7, 11) is 0. The van der Waals surface area contributed by atoms with Crippen molar-refractivity contribution < 1.29 is 0 Å². The smallest absolute Gasteiger partial charge is 0.118 e. The van der Waals surface area contributed by atoms with E-state index in [2.05, 4.69) is 57.3 Å². The standard InChI is InChI=1S/C21H19BrN2O/c1-15-4-2-3-5-19(15)20(16-6-8-18(22)9-7-16)14-21(24-25)17-10-12-23-13-11-17/h2-13,20-21H,14H2,1H3. The van der Waals surface area contributed by atoms with Crippen molar-refractivity contribution in [2.24, 2.45) is 5.18 Å². The minimum Gasteiger partial charge on any atom is -0.265 e. The summed E-state index contributed by atoms with van der Waals surface area (Å²) in [4.78, 5) is 15.6. The Morgan fingerprint density at radius 2 is 1.64 bits per heavy atom. The van der Waals surface area contributed by atoms with E-state index in [0.29, 0.717) is 6.42 Å². The van der Waals surface area contributed by atoms with Crippen LogP contribution in [0.1, 0.15) is 40.6 Å². The van der Waals surface area contributed by atoms with Gasteiger partial charge in [-0.2, -0.15) is 4.91 Å². The highest BCUT2D eigenvalue weighted by Crippen LogP contribution is 2.37. The maximum absolute atomic E-state index is 11.6. The molecule has 3 rings (SSSR count). The van der Waals surface area contributed by atoms with Crippen LogP contribution in [-0.2, 0) is 0 Å². The number of hydrogen-bond donors (Lipinski definition) is 0. The predicted molar refractivity (Wildman–Crippen MR) is 105 cm³/mol. The molecule has 25 heavy (non-hydrogen) atoms. The molecule has 3 nitrogen and oxygen atoms in total. The Hall–Kier alpha value is -2.33. The molecule has 0 aliphatic carbocycles. The number of pyridine rings is 1. The summed E-state index contributed by atoms with van der Waals surface area (Å²) in [6.45, 7) is 2.11. The first-order valence-corrected chi connectivity index (χ1v) is 9.01. The second kappa shape index (κ2) is 8.17. The summed E-state index contributed by atoms with van der Waals surface area (Å²) in [5.74, 6) is 0.102. The molecule has 2 unspecified atom stereocenters. The molecule has 1 heterocycles. The highest BCUT2D eigenvalue weighted by Gasteiger charge is 2.23. The van der Waals surface area contributed by atoms with E-state index >= 15 is 0 Å². The van der Waals surface area contributed by atoms with E-state index in [-0.39, 0.29) is 5.92 Å². The Bertz CT molecular complexity index is 834. The van der Waals surface area contributed by atoms with E-state index in [4.69, 9.17) is 0 Å². The van der Waals surface area contributed by atoms with E-state index in [1.807, 2.05) is 36.4 Å². The van der Waals surface area contributed by atoms with Gasteiger partial charge in [0.05, 0.1) is 0 Å². The van der Waals surface area contributed by atoms with E-state index in [0.717, 1.165) is 10.0 Å². The molecule has 0 saturated carbocycles. The first kappa shape index (κ1) is 17.5. The van der Waals surface area contributed by atoms with E-state index in [1.165, 1.54) is 16.7 Å². The Kier molecular flexibility index (Phi) is 5.71. The molecule has 4 heteroatoms. The molecule has 1 aromatic heterocycles. The maximum Gasteiger partial charge on any atom is 0.118 e. The second-order valence-electron chi connectivity index (χ2n) is 6.10. The SMILES string of the molecule is Cc1ccccc1C(CC(N=O)c1ccncc1)c1ccc(Br)cc1. The highest BCUT2D eigenvalue weighted by molar-refractivity contribution is 9.10. The summed E-state index contributed by atoms with van der Waals surface area (Å²) in [5.41, 5.74) is 4.53. The molecule has 0 amide bonds. The lowest BCUT2D eigenvalue weighted by Gasteiger charge is -2.22. The number of aromatic nitrogens is 1. The third-order valence-corrected chi connectivity index (χ3v) is 5.04. The number of halogens is 1. The first-order valence-electron chi connectivity index (χ1n) is 8.22. The molecule has 0 N–H and O–H groups in total. The zero-order chi connectivity index (χ0) is 17.6. The normalized spacial score (nSPS) is 13.2. The molecule has 2 atom stereocenters. The van der Waals surface area contributed by atoms with Gasteiger partial charge in [0.2, 0.25) is 0 Å². The van der Waals surface area contributed by atoms with Crippen LogP contribution < -0.4 is 0 Å². The van der Waals surface area contributed by atoms with E-state index in [9.17, 15) is 4.91 Å². The monoisotopic (exact) mass is 394 g/mol. The van der Waals surface area contributed by atoms with Crippen molar-refractivity contribution in [2.75, 3.05) is 0 Å². The Morgan fingerprint density at radius 3 is 2.28 bits per heavy atom. The van der Waals surface area contributed by atoms with Gasteiger partial charge >= 0.3 is 0 Å². The zero-order valence-electron chi connectivity index (χ0n) is 14.0. The topological polar surface area (TPSA) is 42.3 Å². The fourth-order valence-corrected chi connectivity index (χ4v) is 3.43. The van der Waals surface area contributed by atoms with Gasteiger partial charge in [0.1, 0.15) is 6.04 Å². The molecule has 3 aromatic rings. The molecule has 0 aliphatic rings. The van der Waals surface area contributed by atoms with Crippen LogP contribution in [0.2, 0.25) is 0 Å². The van der Waals surface area contributed by atoms with Gasteiger partial charge in [0, 0.05) is 22.8 Å². The van der Waals surface area contributed by atoms with Gasteiger partial charge in [0.15, 0.2) is 0 Å². The maximum atomic E-state index is 11.6. The first-order chi connectivity index (χ1) is 12.2. The number of nitroso groups, excluding NO2 is 1. The zero-order valence-corrected chi connectivity index (χ0v) is 15.6. The van der Waals surface area contributed by atoms with Gasteiger partial charge in [-0.05, 0) is 59.9 Å². The van der Waals surface area contributed by atoms with Crippen molar-refractivity contribution in [1.82, 2.24) is 4.98 Å². The quantitative estimate of drug-likeness (QED) is 0.468. The largest absolute Gasteiger partial charge is 0.265 e. The summed E-state index contributed by atoms with van der Waals surface area (Å²) >= 11 is 3.49. The lowest BCUT2D eigenvalue weighted by atomic mass is 9.83. The van der Waals surface area contributed by atoms with Crippen LogP contribution in [-0.4, -0.2) is 4.98 Å². The van der Waals surface area contributed by atoms with Crippen molar-refractivity contribution in [3.63, 3.8) is 0 Å². The fourth-order valence-electron chi connectivity index (χ4n) is 3.16. The lowest BCUT2D eigenvalue weighted by molar-refractivity contribution is 0.592. The van der Waals surface area contributed by atoms with Crippen LogP contribution in [0.15, 0.2) is 82.7 Å². The highest BCUT2D eigenvalue weighted by atomic mass is 79.9. The van der Waals surface area contributed by atoms with Crippen molar-refractivity contribution in [3.8, 4) is 0 Å². The second-order valence-corrected chi connectivity index (χ2v) is 7.01. The van der Waals surface area contributed by atoms with Crippen LogP contribution in [0.3, 0.4) is 0 Å². The average molecular weight is 395 g/mol. The molecule has 2 aromatic carbocycles. The Balaban J connectivity index is 2.00.